The molecule has 1 heteroatoms. The highest BCUT2D eigenvalue weighted by Crippen LogP contribution is 2.19. The van der Waals surface area contributed by atoms with Gasteiger partial charge in [-0.1, -0.05) is 52.2 Å². The molecule has 0 saturated heterocycles. The van der Waals surface area contributed by atoms with Crippen LogP contribution in [0, 0.1) is 5.41 Å². The zero-order valence-corrected chi connectivity index (χ0v) is 11.2. The highest BCUT2D eigenvalue weighted by atomic mass is 14.7. The van der Waals surface area contributed by atoms with Crippen LogP contribution in [-0.2, 0) is 0 Å². The zero-order chi connectivity index (χ0) is 12.8. The third-order valence-corrected chi connectivity index (χ3v) is 2.30. The minimum absolute atomic E-state index is 0.0679. The summed E-state index contributed by atoms with van der Waals surface area (Å²) in [4.78, 5) is 4.32. The van der Waals surface area contributed by atoms with E-state index in [1.807, 2.05) is 26.1 Å². The molecule has 0 atom stereocenters. The SMILES string of the molecule is C=CC=CC(=C)C(C)=CC(=NC)C(C)(C)C. The summed E-state index contributed by atoms with van der Waals surface area (Å²) in [5.41, 5.74) is 3.27. The molecule has 0 fully saturated rings. The van der Waals surface area contributed by atoms with E-state index in [-0.39, 0.29) is 5.41 Å². The summed E-state index contributed by atoms with van der Waals surface area (Å²) in [5, 5.41) is 0. The number of hydrogen-bond donors (Lipinski definition) is 0. The molecule has 0 N–H and O–H groups in total. The van der Waals surface area contributed by atoms with Crippen LogP contribution in [0.3, 0.4) is 0 Å². The van der Waals surface area contributed by atoms with Gasteiger partial charge in [0, 0.05) is 18.2 Å². The van der Waals surface area contributed by atoms with Crippen LogP contribution < -0.4 is 0 Å². The van der Waals surface area contributed by atoms with Crippen molar-refractivity contribution in [2.24, 2.45) is 10.4 Å². The van der Waals surface area contributed by atoms with Gasteiger partial charge < -0.3 is 0 Å². The summed E-state index contributed by atoms with van der Waals surface area (Å²) in [7, 11) is 1.83. The van der Waals surface area contributed by atoms with Gasteiger partial charge in [0.2, 0.25) is 0 Å². The van der Waals surface area contributed by atoms with E-state index in [0.29, 0.717) is 0 Å². The smallest absolute Gasteiger partial charge is 0.0401 e. The third-order valence-electron chi connectivity index (χ3n) is 2.30. The van der Waals surface area contributed by atoms with Crippen LogP contribution >= 0.6 is 0 Å². The monoisotopic (exact) mass is 217 g/mol. The number of rotatable bonds is 4. The Labute approximate surface area is 100.0 Å². The highest BCUT2D eigenvalue weighted by Gasteiger charge is 2.16. The standard InChI is InChI=1S/C15H23N/c1-8-9-10-12(2)13(3)11-14(16-7)15(4,5)6/h8-11H,1-2H2,3-7H3. The predicted molar refractivity (Wildman–Crippen MR) is 75.0 cm³/mol. The minimum Gasteiger partial charge on any atom is -0.293 e. The van der Waals surface area contributed by atoms with E-state index in [2.05, 4.69) is 45.0 Å². The average Bonchev–Trinajstić information content (AvgIpc) is 2.20. The second-order valence-corrected chi connectivity index (χ2v) is 4.81. The molecule has 0 aromatic rings. The number of hydrogen-bond acceptors (Lipinski definition) is 1. The van der Waals surface area contributed by atoms with Gasteiger partial charge >= 0.3 is 0 Å². The Bertz CT molecular complexity index is 346. The van der Waals surface area contributed by atoms with Crippen LogP contribution in [0.2, 0.25) is 0 Å². The lowest BCUT2D eigenvalue weighted by Crippen LogP contribution is -2.18. The van der Waals surface area contributed by atoms with Crippen LogP contribution in [0.25, 0.3) is 0 Å². The first-order chi connectivity index (χ1) is 7.32. The maximum atomic E-state index is 4.32. The lowest BCUT2D eigenvalue weighted by molar-refractivity contribution is 0.593. The van der Waals surface area contributed by atoms with Gasteiger partial charge in [-0.05, 0) is 24.1 Å². The molecule has 0 spiro atoms. The molecule has 0 aliphatic heterocycles. The Morgan fingerprint density at radius 1 is 1.25 bits per heavy atom. The van der Waals surface area contributed by atoms with Crippen LogP contribution in [0.15, 0.2) is 53.6 Å². The Morgan fingerprint density at radius 3 is 2.19 bits per heavy atom. The van der Waals surface area contributed by atoms with E-state index >= 15 is 0 Å². The minimum atomic E-state index is 0.0679. The highest BCUT2D eigenvalue weighted by molar-refractivity contribution is 5.99. The Hall–Kier alpha value is -1.37. The summed E-state index contributed by atoms with van der Waals surface area (Å²) in [6, 6.07) is 0. The normalized spacial score (nSPS) is 14.3. The van der Waals surface area contributed by atoms with Gasteiger partial charge in [-0.3, -0.25) is 4.99 Å². The van der Waals surface area contributed by atoms with Crippen molar-refractivity contribution >= 4 is 5.71 Å². The van der Waals surface area contributed by atoms with E-state index in [0.717, 1.165) is 16.9 Å². The van der Waals surface area contributed by atoms with Crippen LogP contribution in [0.1, 0.15) is 27.7 Å². The fourth-order valence-corrected chi connectivity index (χ4v) is 1.23. The Balaban J connectivity index is 4.97. The molecule has 0 bridgehead atoms. The van der Waals surface area contributed by atoms with Gasteiger partial charge in [-0.2, -0.15) is 0 Å². The second kappa shape index (κ2) is 6.26. The maximum Gasteiger partial charge on any atom is 0.0401 e. The summed E-state index contributed by atoms with van der Waals surface area (Å²) in [6.07, 6.45) is 7.68. The topological polar surface area (TPSA) is 12.4 Å². The molecular formula is C15H23N. The first-order valence-electron chi connectivity index (χ1n) is 5.47. The van der Waals surface area contributed by atoms with Gasteiger partial charge in [0.1, 0.15) is 0 Å². The lowest BCUT2D eigenvalue weighted by atomic mass is 9.88. The van der Waals surface area contributed by atoms with Gasteiger partial charge in [0.05, 0.1) is 0 Å². The molecule has 88 valence electrons. The lowest BCUT2D eigenvalue weighted by Gasteiger charge is -2.19. The van der Waals surface area contributed by atoms with Crippen LogP contribution in [0.4, 0.5) is 0 Å². The molecule has 16 heavy (non-hydrogen) atoms. The van der Waals surface area contributed by atoms with Crippen LogP contribution in [-0.4, -0.2) is 12.8 Å². The third kappa shape index (κ3) is 4.92. The van der Waals surface area contributed by atoms with Crippen molar-refractivity contribution in [3.63, 3.8) is 0 Å². The summed E-state index contributed by atoms with van der Waals surface area (Å²) in [5.74, 6) is 0. The number of nitrogens with zero attached hydrogens (tertiary/aromatic N) is 1. The molecule has 0 aliphatic carbocycles. The molecule has 0 heterocycles. The van der Waals surface area contributed by atoms with Gasteiger partial charge in [0.25, 0.3) is 0 Å². The molecule has 0 aromatic heterocycles. The van der Waals surface area contributed by atoms with E-state index in [1.165, 1.54) is 0 Å². The summed E-state index contributed by atoms with van der Waals surface area (Å²) >= 11 is 0. The fraction of sp³-hybridized carbons (Fsp3) is 0.400. The molecule has 1 nitrogen and oxygen atoms in total. The largest absolute Gasteiger partial charge is 0.293 e. The Morgan fingerprint density at radius 2 is 1.81 bits per heavy atom. The van der Waals surface area contributed by atoms with Gasteiger partial charge in [0.15, 0.2) is 0 Å². The van der Waals surface area contributed by atoms with Crippen molar-refractivity contribution in [3.8, 4) is 0 Å². The van der Waals surface area contributed by atoms with Crippen molar-refractivity contribution in [3.05, 3.63) is 48.6 Å². The van der Waals surface area contributed by atoms with Gasteiger partial charge in [-0.25, -0.2) is 0 Å². The zero-order valence-electron chi connectivity index (χ0n) is 11.2. The Kier molecular flexibility index (Phi) is 5.73. The van der Waals surface area contributed by atoms with E-state index in [9.17, 15) is 0 Å². The summed E-state index contributed by atoms with van der Waals surface area (Å²) in [6.45, 7) is 16.2. The van der Waals surface area contributed by atoms with Crippen molar-refractivity contribution in [2.45, 2.75) is 27.7 Å². The molecule has 0 aliphatic rings. The fourth-order valence-electron chi connectivity index (χ4n) is 1.23. The quantitative estimate of drug-likeness (QED) is 0.490. The predicted octanol–water partition coefficient (Wildman–Crippen LogP) is 4.35. The van der Waals surface area contributed by atoms with Gasteiger partial charge in [-0.15, -0.1) is 0 Å². The molecular weight excluding hydrogens is 194 g/mol. The van der Waals surface area contributed by atoms with Crippen LogP contribution in [0.5, 0.6) is 0 Å². The van der Waals surface area contributed by atoms with E-state index in [1.54, 1.807) is 6.08 Å². The van der Waals surface area contributed by atoms with Crippen molar-refractivity contribution in [1.29, 1.82) is 0 Å². The van der Waals surface area contributed by atoms with Crippen molar-refractivity contribution < 1.29 is 0 Å². The molecule has 0 rings (SSSR count). The second-order valence-electron chi connectivity index (χ2n) is 4.81. The molecule has 0 amide bonds. The first kappa shape index (κ1) is 14.6. The van der Waals surface area contributed by atoms with Crippen molar-refractivity contribution in [2.75, 3.05) is 7.05 Å². The van der Waals surface area contributed by atoms with E-state index < -0.39 is 0 Å². The van der Waals surface area contributed by atoms with E-state index in [4.69, 9.17) is 0 Å². The molecule has 0 radical (unpaired) electrons. The first-order valence-corrected chi connectivity index (χ1v) is 5.47. The molecule has 0 saturated carbocycles. The number of aliphatic imine (C=N–C) groups is 1. The molecule has 0 aromatic carbocycles. The molecule has 0 unspecified atom stereocenters. The van der Waals surface area contributed by atoms with Crippen molar-refractivity contribution in [1.82, 2.24) is 0 Å². The average molecular weight is 217 g/mol. The summed E-state index contributed by atoms with van der Waals surface area (Å²) < 4.78 is 0. The maximum absolute atomic E-state index is 4.32. The number of allylic oxidation sites excluding steroid dienone is 6.